The van der Waals surface area contributed by atoms with Gasteiger partial charge < -0.3 is 14.2 Å². The van der Waals surface area contributed by atoms with Crippen molar-refractivity contribution in [3.63, 3.8) is 0 Å². The molecule has 0 aromatic rings. The summed E-state index contributed by atoms with van der Waals surface area (Å²) < 4.78 is 25.1. The molecule has 63 heavy (non-hydrogen) atoms. The largest absolute Gasteiger partial charge is 0.462 e. The summed E-state index contributed by atoms with van der Waals surface area (Å²) in [5.74, 6) is -1.31. The van der Waals surface area contributed by atoms with E-state index in [4.69, 9.17) is 15.6 Å². The molecule has 0 aromatic heterocycles. The Morgan fingerprint density at radius 1 is 0.349 bits per heavy atom. The van der Waals surface area contributed by atoms with E-state index >= 15 is 0 Å². The van der Waals surface area contributed by atoms with Gasteiger partial charge in [0.1, 0.15) is 13.2 Å². The first-order valence-corrected chi connectivity index (χ1v) is 27.3. The minimum absolute atomic E-state index is 0.147. The van der Waals surface area contributed by atoms with Gasteiger partial charge in [0, 0.05) is 20.6 Å². The fourth-order valence-corrected chi connectivity index (χ4v) is 7.79. The Morgan fingerprint density at radius 2 is 0.619 bits per heavy atom. The van der Waals surface area contributed by atoms with Crippen LogP contribution in [0.1, 0.15) is 292 Å². The second-order valence-electron chi connectivity index (χ2n) is 18.3. The van der Waals surface area contributed by atoms with Gasteiger partial charge in [0.15, 0.2) is 6.10 Å². The Kier molecular flexibility index (Phi) is 48.6. The average Bonchev–Trinajstić information content (AvgIpc) is 3.29. The number of ether oxygens (including phenoxy) is 3. The number of carbonyl (C=O) groups excluding carboxylic acids is 3. The van der Waals surface area contributed by atoms with Crippen molar-refractivity contribution in [3.8, 4) is 0 Å². The van der Waals surface area contributed by atoms with Gasteiger partial charge in [-0.25, -0.2) is 0 Å². The molecule has 0 bridgehead atoms. The van der Waals surface area contributed by atoms with Gasteiger partial charge in [-0.15, -0.1) is 0 Å². The van der Waals surface area contributed by atoms with Crippen LogP contribution in [0, 0.1) is 0 Å². The van der Waals surface area contributed by atoms with Gasteiger partial charge in [-0.1, -0.05) is 211 Å². The lowest BCUT2D eigenvalue weighted by atomic mass is 10.1. The molecule has 0 saturated heterocycles. The molecule has 0 spiro atoms. The Labute approximate surface area is 392 Å². The van der Waals surface area contributed by atoms with Crippen LogP contribution in [0.25, 0.3) is 0 Å². The summed E-state index contributed by atoms with van der Waals surface area (Å²) >= 11 is 0. The van der Waals surface area contributed by atoms with Gasteiger partial charge in [-0.05, 0) is 96.3 Å². The van der Waals surface area contributed by atoms with Crippen LogP contribution in [0.2, 0.25) is 0 Å². The van der Waals surface area contributed by atoms with Crippen LogP contribution in [-0.2, 0) is 28.6 Å². The summed E-state index contributed by atoms with van der Waals surface area (Å²) in [5.41, 5.74) is 0. The molecular formula is C57H104O6. The van der Waals surface area contributed by atoms with E-state index in [0.29, 0.717) is 12.8 Å². The second-order valence-corrected chi connectivity index (χ2v) is 18.3. The zero-order valence-corrected chi connectivity index (χ0v) is 42.0. The lowest BCUT2D eigenvalue weighted by Gasteiger charge is -2.18. The van der Waals surface area contributed by atoms with Gasteiger partial charge in [0.2, 0.25) is 0 Å². The van der Waals surface area contributed by atoms with Crippen LogP contribution in [-0.4, -0.2) is 37.2 Å². The molecule has 0 aliphatic rings. The molecular weight excluding hydrogens is 781 g/mol. The van der Waals surface area contributed by atoms with Crippen LogP contribution in [0.4, 0.5) is 0 Å². The highest BCUT2D eigenvalue weighted by Crippen LogP contribution is 2.15. The first-order valence-electron chi connectivity index (χ1n) is 27.9. The predicted molar refractivity (Wildman–Crippen MR) is 270 cm³/mol. The Hall–Kier alpha value is -2.37. The van der Waals surface area contributed by atoms with Gasteiger partial charge in [0.05, 0.1) is 0 Å². The van der Waals surface area contributed by atoms with Crippen molar-refractivity contribution in [1.82, 2.24) is 0 Å². The standard InChI is InChI=1S/C57H104O6/c1-4-7-10-13-16-19-22-25-28-31-34-37-40-43-46-49-55(58)61-52-54(63-57(60)51-48-45-42-39-36-33-30-27-24-21-18-15-12-9-6-3)53-62-56(59)50-47-44-41-38-35-32-29-26-23-20-17-14-11-8-5-2/h25-30,54H,4-24,31-53H2,1-3H3/b28-25-,29-26-,30-27-/i49D. The second kappa shape index (κ2) is 52.3. The fourth-order valence-electron chi connectivity index (χ4n) is 7.79. The summed E-state index contributed by atoms with van der Waals surface area (Å²) in [6.45, 7) is 6.41. The SMILES string of the molecule is [2H]C(CCCCCC/C=C\CCCCCCCC)C(=O)OCC(COC(=O)CCCCCCC/C=C\CCCCCCCC)OC(=O)CCCCCCC/C=C\CCCCCCCC. The van der Waals surface area contributed by atoms with Crippen molar-refractivity contribution < 1.29 is 30.0 Å². The normalized spacial score (nSPS) is 13.0. The molecule has 0 saturated carbocycles. The third-order valence-electron chi connectivity index (χ3n) is 12.0. The van der Waals surface area contributed by atoms with E-state index in [0.717, 1.165) is 96.3 Å². The zero-order chi connectivity index (χ0) is 46.7. The first-order chi connectivity index (χ1) is 31.4. The van der Waals surface area contributed by atoms with E-state index in [1.165, 1.54) is 148 Å². The van der Waals surface area contributed by atoms with Crippen molar-refractivity contribution in [2.75, 3.05) is 13.2 Å². The maximum absolute atomic E-state index is 12.8. The highest BCUT2D eigenvalue weighted by atomic mass is 16.6. The van der Waals surface area contributed by atoms with Crippen molar-refractivity contribution >= 4 is 17.9 Å². The number of hydrogen-bond donors (Lipinski definition) is 0. The third-order valence-corrected chi connectivity index (χ3v) is 12.0. The van der Waals surface area contributed by atoms with Gasteiger partial charge in [-0.3, -0.25) is 14.4 Å². The smallest absolute Gasteiger partial charge is 0.306 e. The first kappa shape index (κ1) is 58.6. The summed E-state index contributed by atoms with van der Waals surface area (Å²) in [5, 5.41) is 0. The van der Waals surface area contributed by atoms with Crippen molar-refractivity contribution in [3.05, 3.63) is 36.5 Å². The zero-order valence-electron chi connectivity index (χ0n) is 43.0. The molecule has 6 nitrogen and oxygen atoms in total. The summed E-state index contributed by atoms with van der Waals surface area (Å²) in [4.78, 5) is 38.2. The minimum Gasteiger partial charge on any atom is -0.462 e. The number of allylic oxidation sites excluding steroid dienone is 6. The van der Waals surface area contributed by atoms with Crippen LogP contribution in [0.3, 0.4) is 0 Å². The predicted octanol–water partition coefficient (Wildman–Crippen LogP) is 18.1. The number of rotatable bonds is 50. The topological polar surface area (TPSA) is 78.9 Å². The molecule has 0 aliphatic carbocycles. The monoisotopic (exact) mass is 886 g/mol. The third kappa shape index (κ3) is 50.5. The van der Waals surface area contributed by atoms with Crippen LogP contribution in [0.15, 0.2) is 36.5 Å². The van der Waals surface area contributed by atoms with E-state index in [1.807, 2.05) is 0 Å². The van der Waals surface area contributed by atoms with E-state index in [9.17, 15) is 14.4 Å². The highest BCUT2D eigenvalue weighted by Gasteiger charge is 2.19. The molecule has 0 heterocycles. The molecule has 0 fully saturated rings. The van der Waals surface area contributed by atoms with Crippen LogP contribution >= 0.6 is 0 Å². The van der Waals surface area contributed by atoms with E-state index in [2.05, 4.69) is 57.2 Å². The quantitative estimate of drug-likeness (QED) is 0.0262. The van der Waals surface area contributed by atoms with E-state index in [1.54, 1.807) is 0 Å². The average molecular weight is 886 g/mol. The molecule has 0 radical (unpaired) electrons. The summed E-state index contributed by atoms with van der Waals surface area (Å²) in [6, 6.07) is 0. The highest BCUT2D eigenvalue weighted by molar-refractivity contribution is 5.71. The Bertz CT molecular complexity index is 1100. The molecule has 0 aromatic carbocycles. The Morgan fingerprint density at radius 3 is 0.968 bits per heavy atom. The number of carbonyl (C=O) groups is 3. The lowest BCUT2D eigenvalue weighted by Crippen LogP contribution is -2.30. The number of unbranched alkanes of at least 4 members (excludes halogenated alkanes) is 32. The Balaban J connectivity index is 4.50. The number of esters is 3. The maximum atomic E-state index is 12.8. The summed E-state index contributed by atoms with van der Waals surface area (Å²) in [6.07, 6.45) is 58.3. The van der Waals surface area contributed by atoms with Gasteiger partial charge in [-0.2, -0.15) is 0 Å². The minimum atomic E-state index is -0.979. The molecule has 2 atom stereocenters. The molecule has 368 valence electrons. The molecule has 0 N–H and O–H groups in total. The molecule has 0 amide bonds. The van der Waals surface area contributed by atoms with Crippen molar-refractivity contribution in [1.29, 1.82) is 0 Å². The maximum Gasteiger partial charge on any atom is 0.306 e. The van der Waals surface area contributed by atoms with Crippen molar-refractivity contribution in [2.24, 2.45) is 0 Å². The number of hydrogen-bond acceptors (Lipinski definition) is 6. The van der Waals surface area contributed by atoms with Crippen LogP contribution in [0.5, 0.6) is 0 Å². The van der Waals surface area contributed by atoms with Crippen LogP contribution < -0.4 is 0 Å². The molecule has 0 aliphatic heterocycles. The fraction of sp³-hybridized carbons (Fsp3) is 0.842. The van der Waals surface area contributed by atoms with E-state index < -0.39 is 18.5 Å². The molecule has 6 heteroatoms. The molecule has 0 rings (SSSR count). The van der Waals surface area contributed by atoms with Gasteiger partial charge >= 0.3 is 17.9 Å². The molecule has 2 unspecified atom stereocenters. The van der Waals surface area contributed by atoms with Crippen molar-refractivity contribution in [2.45, 2.75) is 297 Å². The van der Waals surface area contributed by atoms with Gasteiger partial charge in [0.25, 0.3) is 0 Å². The summed E-state index contributed by atoms with van der Waals surface area (Å²) in [7, 11) is 0. The lowest BCUT2D eigenvalue weighted by molar-refractivity contribution is -0.167. The van der Waals surface area contributed by atoms with E-state index in [-0.39, 0.29) is 31.6 Å².